The Labute approximate surface area is 129 Å². The molecule has 0 aliphatic heterocycles. The Hall–Kier alpha value is -0.260. The SMILES string of the molecule is CCCCCCCC/C=C\C(C)CCCCCCCC. The quantitative estimate of drug-likeness (QED) is 0.213. The zero-order chi connectivity index (χ0) is 14.9. The predicted octanol–water partition coefficient (Wildman–Crippen LogP) is 7.68. The summed E-state index contributed by atoms with van der Waals surface area (Å²) in [5.41, 5.74) is 0. The van der Waals surface area contributed by atoms with Gasteiger partial charge in [0.05, 0.1) is 0 Å². The van der Waals surface area contributed by atoms with E-state index in [1.807, 2.05) is 0 Å². The van der Waals surface area contributed by atoms with E-state index in [-0.39, 0.29) is 0 Å². The molecule has 1 atom stereocenters. The molecule has 0 radical (unpaired) electrons. The summed E-state index contributed by atoms with van der Waals surface area (Å²) in [6, 6.07) is 0. The first-order chi connectivity index (χ1) is 9.81. The zero-order valence-corrected chi connectivity index (χ0v) is 14.6. The first kappa shape index (κ1) is 19.7. The van der Waals surface area contributed by atoms with Crippen LogP contribution < -0.4 is 0 Å². The highest BCUT2D eigenvalue weighted by molar-refractivity contribution is 4.86. The topological polar surface area (TPSA) is 0 Å². The van der Waals surface area contributed by atoms with Crippen LogP contribution in [0.3, 0.4) is 0 Å². The molecule has 0 saturated carbocycles. The summed E-state index contributed by atoms with van der Waals surface area (Å²) in [6.45, 7) is 6.95. The lowest BCUT2D eigenvalue weighted by atomic mass is 10.0. The van der Waals surface area contributed by atoms with Crippen LogP contribution in [0.15, 0.2) is 12.2 Å². The van der Waals surface area contributed by atoms with Crippen molar-refractivity contribution in [3.05, 3.63) is 12.2 Å². The lowest BCUT2D eigenvalue weighted by Crippen LogP contribution is -1.90. The van der Waals surface area contributed by atoms with Crippen molar-refractivity contribution in [1.82, 2.24) is 0 Å². The monoisotopic (exact) mass is 280 g/mol. The maximum Gasteiger partial charge on any atom is -0.0262 e. The molecule has 1 unspecified atom stereocenters. The molecular weight excluding hydrogens is 240 g/mol. The third kappa shape index (κ3) is 15.8. The minimum atomic E-state index is 0.793. The molecule has 0 spiro atoms. The second-order valence-corrected chi connectivity index (χ2v) is 6.52. The molecule has 0 bridgehead atoms. The van der Waals surface area contributed by atoms with E-state index in [1.54, 1.807) is 0 Å². The van der Waals surface area contributed by atoms with E-state index in [9.17, 15) is 0 Å². The maximum absolute atomic E-state index is 2.46. The second kappa shape index (κ2) is 16.8. The first-order valence-corrected chi connectivity index (χ1v) is 9.47. The second-order valence-electron chi connectivity index (χ2n) is 6.52. The van der Waals surface area contributed by atoms with E-state index in [0.717, 1.165) is 5.92 Å². The molecule has 0 aliphatic rings. The molecule has 0 aromatic carbocycles. The van der Waals surface area contributed by atoms with E-state index >= 15 is 0 Å². The van der Waals surface area contributed by atoms with E-state index in [2.05, 4.69) is 32.9 Å². The fraction of sp³-hybridized carbons (Fsp3) is 0.900. The number of unbranched alkanes of at least 4 members (excludes halogenated alkanes) is 11. The van der Waals surface area contributed by atoms with Crippen molar-refractivity contribution in [3.63, 3.8) is 0 Å². The predicted molar refractivity (Wildman–Crippen MR) is 94.3 cm³/mol. The molecule has 0 aromatic rings. The molecular formula is C20H40. The Morgan fingerprint density at radius 2 is 1.15 bits per heavy atom. The van der Waals surface area contributed by atoms with Crippen LogP contribution in [0, 0.1) is 5.92 Å². The molecule has 0 nitrogen and oxygen atoms in total. The Kier molecular flexibility index (Phi) is 16.6. The van der Waals surface area contributed by atoms with Crippen LogP contribution in [0.5, 0.6) is 0 Å². The summed E-state index contributed by atoms with van der Waals surface area (Å²) in [7, 11) is 0. The molecule has 0 rings (SSSR count). The Morgan fingerprint density at radius 3 is 1.75 bits per heavy atom. The van der Waals surface area contributed by atoms with Crippen LogP contribution in [-0.4, -0.2) is 0 Å². The van der Waals surface area contributed by atoms with Crippen LogP contribution in [0.2, 0.25) is 0 Å². The van der Waals surface area contributed by atoms with Gasteiger partial charge in [0.25, 0.3) is 0 Å². The van der Waals surface area contributed by atoms with E-state index < -0.39 is 0 Å². The Morgan fingerprint density at radius 1 is 0.650 bits per heavy atom. The van der Waals surface area contributed by atoms with Crippen molar-refractivity contribution in [2.75, 3.05) is 0 Å². The lowest BCUT2D eigenvalue weighted by molar-refractivity contribution is 0.541. The average Bonchev–Trinajstić information content (AvgIpc) is 2.45. The minimum absolute atomic E-state index is 0.793. The highest BCUT2D eigenvalue weighted by Crippen LogP contribution is 2.14. The van der Waals surface area contributed by atoms with Crippen molar-refractivity contribution >= 4 is 0 Å². The summed E-state index contributed by atoms with van der Waals surface area (Å²) in [6.07, 6.45) is 24.6. The fourth-order valence-corrected chi connectivity index (χ4v) is 2.71. The van der Waals surface area contributed by atoms with E-state index in [0.29, 0.717) is 0 Å². The van der Waals surface area contributed by atoms with Crippen molar-refractivity contribution in [2.45, 2.75) is 111 Å². The van der Waals surface area contributed by atoms with Gasteiger partial charge in [0, 0.05) is 0 Å². The number of hydrogen-bond donors (Lipinski definition) is 0. The van der Waals surface area contributed by atoms with Gasteiger partial charge in [-0.3, -0.25) is 0 Å². The van der Waals surface area contributed by atoms with Crippen molar-refractivity contribution in [3.8, 4) is 0 Å². The number of hydrogen-bond acceptors (Lipinski definition) is 0. The molecule has 0 heterocycles. The molecule has 0 amide bonds. The summed E-state index contributed by atoms with van der Waals surface area (Å²) >= 11 is 0. The van der Waals surface area contributed by atoms with Gasteiger partial charge in [-0.05, 0) is 25.2 Å². The molecule has 0 aliphatic carbocycles. The minimum Gasteiger partial charge on any atom is -0.0883 e. The average molecular weight is 281 g/mol. The Balaban J connectivity index is 3.24. The van der Waals surface area contributed by atoms with E-state index in [4.69, 9.17) is 0 Å². The molecule has 0 N–H and O–H groups in total. The van der Waals surface area contributed by atoms with Gasteiger partial charge in [-0.2, -0.15) is 0 Å². The molecule has 0 saturated heterocycles. The summed E-state index contributed by atoms with van der Waals surface area (Å²) < 4.78 is 0. The maximum atomic E-state index is 2.46. The summed E-state index contributed by atoms with van der Waals surface area (Å²) in [5.74, 6) is 0.793. The van der Waals surface area contributed by atoms with Crippen LogP contribution in [0.1, 0.15) is 111 Å². The van der Waals surface area contributed by atoms with Crippen LogP contribution in [0.4, 0.5) is 0 Å². The highest BCUT2D eigenvalue weighted by Gasteiger charge is 1.97. The number of rotatable bonds is 15. The van der Waals surface area contributed by atoms with Crippen LogP contribution >= 0.6 is 0 Å². The summed E-state index contributed by atoms with van der Waals surface area (Å²) in [4.78, 5) is 0. The molecule has 0 fully saturated rings. The third-order valence-corrected chi connectivity index (χ3v) is 4.20. The van der Waals surface area contributed by atoms with Crippen molar-refractivity contribution in [2.24, 2.45) is 5.92 Å². The van der Waals surface area contributed by atoms with Gasteiger partial charge in [0.15, 0.2) is 0 Å². The van der Waals surface area contributed by atoms with Crippen LogP contribution in [0.25, 0.3) is 0 Å². The zero-order valence-electron chi connectivity index (χ0n) is 14.6. The van der Waals surface area contributed by atoms with Crippen molar-refractivity contribution < 1.29 is 0 Å². The van der Waals surface area contributed by atoms with Gasteiger partial charge in [0.1, 0.15) is 0 Å². The van der Waals surface area contributed by atoms with Crippen molar-refractivity contribution in [1.29, 1.82) is 0 Å². The highest BCUT2D eigenvalue weighted by atomic mass is 14.0. The third-order valence-electron chi connectivity index (χ3n) is 4.20. The van der Waals surface area contributed by atoms with Gasteiger partial charge in [-0.25, -0.2) is 0 Å². The Bertz CT molecular complexity index is 192. The standard InChI is InChI=1S/C20H40/c1-4-6-8-10-12-13-15-17-19-20(3)18-16-14-11-9-7-5-2/h17,19-20H,4-16,18H2,1-3H3/b19-17-. The molecule has 0 aromatic heterocycles. The van der Waals surface area contributed by atoms with Gasteiger partial charge in [0.2, 0.25) is 0 Å². The van der Waals surface area contributed by atoms with Crippen LogP contribution in [-0.2, 0) is 0 Å². The molecule has 0 heteroatoms. The lowest BCUT2D eigenvalue weighted by Gasteiger charge is -2.06. The van der Waals surface area contributed by atoms with Gasteiger partial charge in [-0.1, -0.05) is 104 Å². The molecule has 120 valence electrons. The number of allylic oxidation sites excluding steroid dienone is 2. The molecule has 20 heavy (non-hydrogen) atoms. The fourth-order valence-electron chi connectivity index (χ4n) is 2.71. The normalized spacial score (nSPS) is 13.2. The van der Waals surface area contributed by atoms with Gasteiger partial charge in [-0.15, -0.1) is 0 Å². The van der Waals surface area contributed by atoms with E-state index in [1.165, 1.54) is 89.9 Å². The first-order valence-electron chi connectivity index (χ1n) is 9.47. The summed E-state index contributed by atoms with van der Waals surface area (Å²) in [5, 5.41) is 0. The smallest absolute Gasteiger partial charge is 0.0262 e. The largest absolute Gasteiger partial charge is 0.0883 e. The van der Waals surface area contributed by atoms with Gasteiger partial charge >= 0.3 is 0 Å². The van der Waals surface area contributed by atoms with Gasteiger partial charge < -0.3 is 0 Å².